The van der Waals surface area contributed by atoms with Crippen molar-refractivity contribution in [1.82, 2.24) is 4.31 Å². The van der Waals surface area contributed by atoms with Crippen LogP contribution in [0.4, 0.5) is 15.8 Å². The van der Waals surface area contributed by atoms with Crippen LogP contribution in [-0.4, -0.2) is 38.8 Å². The molecule has 0 saturated carbocycles. The topological polar surface area (TPSA) is 78.5 Å². The van der Waals surface area contributed by atoms with E-state index in [9.17, 15) is 17.6 Å². The predicted octanol–water partition coefficient (Wildman–Crippen LogP) is 2.68. The molecule has 2 aromatic rings. The zero-order valence-corrected chi connectivity index (χ0v) is 15.1. The van der Waals surface area contributed by atoms with Gasteiger partial charge in [-0.25, -0.2) is 12.8 Å². The Morgan fingerprint density at radius 1 is 1.19 bits per heavy atom. The molecule has 0 unspecified atom stereocenters. The van der Waals surface area contributed by atoms with Crippen LogP contribution in [0, 0.1) is 5.82 Å². The van der Waals surface area contributed by atoms with Gasteiger partial charge in [0.1, 0.15) is 5.82 Å². The number of rotatable bonds is 8. The van der Waals surface area contributed by atoms with Crippen molar-refractivity contribution in [3.05, 3.63) is 67.0 Å². The lowest BCUT2D eigenvalue weighted by Crippen LogP contribution is -2.27. The van der Waals surface area contributed by atoms with Gasteiger partial charge in [-0.15, -0.1) is 6.58 Å². The van der Waals surface area contributed by atoms with Crippen molar-refractivity contribution in [2.75, 3.05) is 30.8 Å². The van der Waals surface area contributed by atoms with Crippen molar-refractivity contribution in [1.29, 1.82) is 0 Å². The van der Waals surface area contributed by atoms with Crippen LogP contribution in [0.2, 0.25) is 0 Å². The van der Waals surface area contributed by atoms with Crippen molar-refractivity contribution in [3.8, 4) is 0 Å². The summed E-state index contributed by atoms with van der Waals surface area (Å²) in [5.41, 5.74) is 0.952. The quantitative estimate of drug-likeness (QED) is 0.694. The molecular weight excluding hydrogens is 357 g/mol. The first-order chi connectivity index (χ1) is 12.3. The summed E-state index contributed by atoms with van der Waals surface area (Å²) >= 11 is 0. The molecule has 6 nitrogen and oxygen atoms in total. The molecule has 0 aromatic heterocycles. The maximum Gasteiger partial charge on any atom is 0.243 e. The fourth-order valence-electron chi connectivity index (χ4n) is 2.16. The summed E-state index contributed by atoms with van der Waals surface area (Å²) in [4.78, 5) is 12.0. The second kappa shape index (κ2) is 8.59. The van der Waals surface area contributed by atoms with Crippen LogP contribution >= 0.6 is 0 Å². The molecule has 0 fully saturated rings. The fourth-order valence-corrected chi connectivity index (χ4v) is 3.30. The Labute approximate surface area is 152 Å². The number of nitrogens with one attached hydrogen (secondary N) is 2. The molecule has 0 heterocycles. The van der Waals surface area contributed by atoms with Gasteiger partial charge in [0.15, 0.2) is 0 Å². The van der Waals surface area contributed by atoms with E-state index in [1.165, 1.54) is 47.8 Å². The Morgan fingerprint density at radius 2 is 1.88 bits per heavy atom. The van der Waals surface area contributed by atoms with Gasteiger partial charge in [-0.3, -0.25) is 4.79 Å². The molecule has 0 atom stereocenters. The average molecular weight is 377 g/mol. The third-order valence-corrected chi connectivity index (χ3v) is 5.35. The van der Waals surface area contributed by atoms with E-state index < -0.39 is 15.8 Å². The van der Waals surface area contributed by atoms with E-state index in [1.807, 2.05) is 0 Å². The normalized spacial score (nSPS) is 11.2. The standard InChI is InChI=1S/C18H20FN3O3S/c1-3-11-22(2)26(24,25)17-9-7-15(8-10-17)20-13-18(23)21-16-6-4-5-14(19)12-16/h3-10,12,20H,1,11,13H2,2H3,(H,21,23). The second-order valence-electron chi connectivity index (χ2n) is 5.51. The minimum Gasteiger partial charge on any atom is -0.376 e. The fraction of sp³-hybridized carbons (Fsp3) is 0.167. The van der Waals surface area contributed by atoms with E-state index in [2.05, 4.69) is 17.2 Å². The SMILES string of the molecule is C=CCN(C)S(=O)(=O)c1ccc(NCC(=O)Nc2cccc(F)c2)cc1. The van der Waals surface area contributed by atoms with Crippen LogP contribution in [0.25, 0.3) is 0 Å². The Morgan fingerprint density at radius 3 is 2.50 bits per heavy atom. The molecule has 0 spiro atoms. The van der Waals surface area contributed by atoms with Gasteiger partial charge in [0, 0.05) is 25.0 Å². The highest BCUT2D eigenvalue weighted by atomic mass is 32.2. The molecule has 0 aliphatic carbocycles. The molecule has 2 N–H and O–H groups in total. The van der Waals surface area contributed by atoms with Gasteiger partial charge in [-0.05, 0) is 42.5 Å². The van der Waals surface area contributed by atoms with Gasteiger partial charge in [0.2, 0.25) is 15.9 Å². The predicted molar refractivity (Wildman–Crippen MR) is 100.0 cm³/mol. The highest BCUT2D eigenvalue weighted by Gasteiger charge is 2.19. The summed E-state index contributed by atoms with van der Waals surface area (Å²) in [6.07, 6.45) is 1.50. The Hall–Kier alpha value is -2.71. The maximum atomic E-state index is 13.1. The van der Waals surface area contributed by atoms with Crippen molar-refractivity contribution in [2.45, 2.75) is 4.90 Å². The van der Waals surface area contributed by atoms with Gasteiger partial charge in [-0.1, -0.05) is 12.1 Å². The molecule has 8 heteroatoms. The van der Waals surface area contributed by atoms with Crippen molar-refractivity contribution >= 4 is 27.3 Å². The summed E-state index contributed by atoms with van der Waals surface area (Å²) < 4.78 is 38.9. The maximum absolute atomic E-state index is 13.1. The van der Waals surface area contributed by atoms with Crippen LogP contribution in [0.15, 0.2) is 66.1 Å². The molecule has 0 aliphatic rings. The Bertz CT molecular complexity index is 883. The number of likely N-dealkylation sites (N-methyl/N-ethyl adjacent to an activating group) is 1. The number of benzene rings is 2. The van der Waals surface area contributed by atoms with Gasteiger partial charge in [0.25, 0.3) is 0 Å². The van der Waals surface area contributed by atoms with E-state index >= 15 is 0 Å². The van der Waals surface area contributed by atoms with E-state index in [4.69, 9.17) is 0 Å². The van der Waals surface area contributed by atoms with Crippen molar-refractivity contribution in [3.63, 3.8) is 0 Å². The van der Waals surface area contributed by atoms with Crippen LogP contribution < -0.4 is 10.6 Å². The van der Waals surface area contributed by atoms with E-state index in [0.717, 1.165) is 0 Å². The van der Waals surface area contributed by atoms with Crippen LogP contribution in [-0.2, 0) is 14.8 Å². The highest BCUT2D eigenvalue weighted by Crippen LogP contribution is 2.17. The smallest absolute Gasteiger partial charge is 0.243 e. The lowest BCUT2D eigenvalue weighted by Gasteiger charge is -2.15. The molecule has 2 rings (SSSR count). The van der Waals surface area contributed by atoms with E-state index in [-0.39, 0.29) is 23.9 Å². The summed E-state index contributed by atoms with van der Waals surface area (Å²) in [7, 11) is -2.10. The number of hydrogen-bond donors (Lipinski definition) is 2. The first-order valence-corrected chi connectivity index (χ1v) is 9.23. The van der Waals surface area contributed by atoms with Gasteiger partial charge in [-0.2, -0.15) is 4.31 Å². The number of amides is 1. The number of hydrogen-bond acceptors (Lipinski definition) is 4. The van der Waals surface area contributed by atoms with Gasteiger partial charge < -0.3 is 10.6 Å². The van der Waals surface area contributed by atoms with Crippen molar-refractivity contribution in [2.24, 2.45) is 0 Å². The zero-order chi connectivity index (χ0) is 19.2. The minimum absolute atomic E-state index is 0.0427. The molecule has 0 aliphatic heterocycles. The molecule has 26 heavy (non-hydrogen) atoms. The number of nitrogens with zero attached hydrogens (tertiary/aromatic N) is 1. The van der Waals surface area contributed by atoms with Gasteiger partial charge in [0.05, 0.1) is 11.4 Å². The van der Waals surface area contributed by atoms with Crippen LogP contribution in [0.1, 0.15) is 0 Å². The Balaban J connectivity index is 1.95. The molecule has 1 amide bonds. The number of anilines is 2. The summed E-state index contributed by atoms with van der Waals surface area (Å²) in [6.45, 7) is 3.69. The Kier molecular flexibility index (Phi) is 6.48. The lowest BCUT2D eigenvalue weighted by atomic mass is 10.3. The van der Waals surface area contributed by atoms with Crippen LogP contribution in [0.3, 0.4) is 0 Å². The molecule has 0 saturated heterocycles. The molecule has 0 bridgehead atoms. The lowest BCUT2D eigenvalue weighted by molar-refractivity contribution is -0.114. The van der Waals surface area contributed by atoms with Gasteiger partial charge >= 0.3 is 0 Å². The molecule has 138 valence electrons. The number of sulfonamides is 1. The third-order valence-electron chi connectivity index (χ3n) is 3.51. The zero-order valence-electron chi connectivity index (χ0n) is 14.3. The number of carbonyl (C=O) groups is 1. The minimum atomic E-state index is -3.57. The first kappa shape index (κ1) is 19.6. The monoisotopic (exact) mass is 377 g/mol. The number of carbonyl (C=O) groups excluding carboxylic acids is 1. The first-order valence-electron chi connectivity index (χ1n) is 7.79. The second-order valence-corrected chi connectivity index (χ2v) is 7.56. The largest absolute Gasteiger partial charge is 0.376 e. The van der Waals surface area contributed by atoms with E-state index in [1.54, 1.807) is 18.2 Å². The van der Waals surface area contributed by atoms with E-state index in [0.29, 0.717) is 11.4 Å². The summed E-state index contributed by atoms with van der Waals surface area (Å²) in [5, 5.41) is 5.45. The highest BCUT2D eigenvalue weighted by molar-refractivity contribution is 7.89. The third kappa shape index (κ3) is 5.14. The molecular formula is C18H20FN3O3S. The van der Waals surface area contributed by atoms with Crippen LogP contribution in [0.5, 0.6) is 0 Å². The average Bonchev–Trinajstić information content (AvgIpc) is 2.60. The molecule has 0 radical (unpaired) electrons. The summed E-state index contributed by atoms with van der Waals surface area (Å²) in [6, 6.07) is 11.7. The molecule has 2 aromatic carbocycles. The summed E-state index contributed by atoms with van der Waals surface area (Å²) in [5.74, 6) is -0.785. The number of halogens is 1. The van der Waals surface area contributed by atoms with Crippen molar-refractivity contribution < 1.29 is 17.6 Å².